The van der Waals surface area contributed by atoms with Crippen LogP contribution in [0.3, 0.4) is 0 Å². The summed E-state index contributed by atoms with van der Waals surface area (Å²) in [6.07, 6.45) is 1.69. The maximum Gasteiger partial charge on any atom is 0.309 e. The van der Waals surface area contributed by atoms with E-state index in [1.807, 2.05) is 39.0 Å². The van der Waals surface area contributed by atoms with Gasteiger partial charge in [-0.2, -0.15) is 0 Å². The van der Waals surface area contributed by atoms with Crippen LogP contribution in [0.25, 0.3) is 0 Å². The Morgan fingerprint density at radius 3 is 2.29 bits per heavy atom. The maximum absolute atomic E-state index is 12.5. The Bertz CT molecular complexity index is 557. The first-order chi connectivity index (χ1) is 9.89. The predicted molar refractivity (Wildman–Crippen MR) is 81.4 cm³/mol. The van der Waals surface area contributed by atoms with Crippen molar-refractivity contribution < 1.29 is 14.7 Å². The molecule has 0 radical (unpaired) electrons. The second-order valence-corrected chi connectivity index (χ2v) is 6.03. The van der Waals surface area contributed by atoms with Gasteiger partial charge in [0, 0.05) is 18.7 Å². The molecular formula is C17H23NO3. The molecule has 4 heteroatoms. The number of likely N-dealkylation sites (tertiary alicyclic amines) is 1. The SMILES string of the molecule is CCC1(C(=O)O)CCN(C(=O)c2ccc(C)c(C)c2)CC1. The Labute approximate surface area is 125 Å². The molecular weight excluding hydrogens is 266 g/mol. The molecule has 4 nitrogen and oxygen atoms in total. The van der Waals surface area contributed by atoms with Gasteiger partial charge in [-0.25, -0.2) is 0 Å². The lowest BCUT2D eigenvalue weighted by Crippen LogP contribution is -2.46. The summed E-state index contributed by atoms with van der Waals surface area (Å²) in [5.41, 5.74) is 2.31. The summed E-state index contributed by atoms with van der Waals surface area (Å²) in [5.74, 6) is -0.725. The summed E-state index contributed by atoms with van der Waals surface area (Å²) >= 11 is 0. The number of carbonyl (C=O) groups is 2. The van der Waals surface area contributed by atoms with E-state index in [-0.39, 0.29) is 5.91 Å². The van der Waals surface area contributed by atoms with Crippen LogP contribution in [0.4, 0.5) is 0 Å². The molecule has 1 fully saturated rings. The van der Waals surface area contributed by atoms with Crippen molar-refractivity contribution in [1.29, 1.82) is 0 Å². The summed E-state index contributed by atoms with van der Waals surface area (Å²) < 4.78 is 0. The number of nitrogens with zero attached hydrogens (tertiary/aromatic N) is 1. The summed E-state index contributed by atoms with van der Waals surface area (Å²) in [4.78, 5) is 25.7. The Hall–Kier alpha value is -1.84. The van der Waals surface area contributed by atoms with Crippen molar-refractivity contribution in [3.8, 4) is 0 Å². The number of aliphatic carboxylic acids is 1. The highest BCUT2D eigenvalue weighted by molar-refractivity contribution is 5.94. The highest BCUT2D eigenvalue weighted by Gasteiger charge is 2.40. The third-order valence-electron chi connectivity index (χ3n) is 4.89. The molecule has 1 aromatic carbocycles. The Morgan fingerprint density at radius 2 is 1.81 bits per heavy atom. The number of carboxylic acids is 1. The van der Waals surface area contributed by atoms with Crippen LogP contribution in [0.1, 0.15) is 47.7 Å². The van der Waals surface area contributed by atoms with Crippen molar-refractivity contribution in [2.24, 2.45) is 5.41 Å². The largest absolute Gasteiger partial charge is 0.481 e. The number of carbonyl (C=O) groups excluding carboxylic acids is 1. The molecule has 0 unspecified atom stereocenters. The quantitative estimate of drug-likeness (QED) is 0.930. The molecule has 1 heterocycles. The third-order valence-corrected chi connectivity index (χ3v) is 4.89. The van der Waals surface area contributed by atoms with Gasteiger partial charge in [0.05, 0.1) is 5.41 Å². The second-order valence-electron chi connectivity index (χ2n) is 6.03. The Morgan fingerprint density at radius 1 is 1.19 bits per heavy atom. The van der Waals surface area contributed by atoms with Crippen LogP contribution < -0.4 is 0 Å². The third kappa shape index (κ3) is 2.94. The zero-order valence-electron chi connectivity index (χ0n) is 13.0. The molecule has 0 saturated carbocycles. The van der Waals surface area contributed by atoms with E-state index in [4.69, 9.17) is 0 Å². The van der Waals surface area contributed by atoms with E-state index in [9.17, 15) is 14.7 Å². The van der Waals surface area contributed by atoms with E-state index in [0.717, 1.165) is 5.56 Å². The predicted octanol–water partition coefficient (Wildman–Crippen LogP) is 3.02. The molecule has 114 valence electrons. The Kier molecular flexibility index (Phi) is 4.35. The van der Waals surface area contributed by atoms with Gasteiger partial charge in [-0.15, -0.1) is 0 Å². The zero-order valence-corrected chi connectivity index (χ0v) is 13.0. The molecule has 1 aliphatic heterocycles. The van der Waals surface area contributed by atoms with Gasteiger partial charge in [0.25, 0.3) is 5.91 Å². The highest BCUT2D eigenvalue weighted by atomic mass is 16.4. The Balaban J connectivity index is 2.09. The van der Waals surface area contributed by atoms with Crippen molar-refractivity contribution in [3.63, 3.8) is 0 Å². The van der Waals surface area contributed by atoms with Gasteiger partial charge in [-0.3, -0.25) is 9.59 Å². The van der Waals surface area contributed by atoms with Gasteiger partial charge in [0.15, 0.2) is 0 Å². The number of aryl methyl sites for hydroxylation is 2. The van der Waals surface area contributed by atoms with Gasteiger partial charge >= 0.3 is 5.97 Å². The van der Waals surface area contributed by atoms with Gasteiger partial charge in [-0.05, 0) is 56.4 Å². The van der Waals surface area contributed by atoms with Crippen LogP contribution >= 0.6 is 0 Å². The minimum atomic E-state index is -0.733. The fraction of sp³-hybridized carbons (Fsp3) is 0.529. The maximum atomic E-state index is 12.5. The number of amides is 1. The molecule has 21 heavy (non-hydrogen) atoms. The van der Waals surface area contributed by atoms with Crippen molar-refractivity contribution in [1.82, 2.24) is 4.90 Å². The first-order valence-electron chi connectivity index (χ1n) is 7.49. The van der Waals surface area contributed by atoms with Gasteiger partial charge in [-0.1, -0.05) is 13.0 Å². The molecule has 1 aromatic rings. The smallest absolute Gasteiger partial charge is 0.309 e. The fourth-order valence-electron chi connectivity index (χ4n) is 2.91. The van der Waals surface area contributed by atoms with E-state index in [1.165, 1.54) is 5.56 Å². The summed E-state index contributed by atoms with van der Waals surface area (Å²) in [7, 11) is 0. The van der Waals surface area contributed by atoms with Crippen LogP contribution in [0.5, 0.6) is 0 Å². The lowest BCUT2D eigenvalue weighted by molar-refractivity contribution is -0.152. The zero-order chi connectivity index (χ0) is 15.6. The van der Waals surface area contributed by atoms with Crippen LogP contribution in [-0.2, 0) is 4.79 Å². The fourth-order valence-corrected chi connectivity index (χ4v) is 2.91. The molecule has 1 amide bonds. The average Bonchev–Trinajstić information content (AvgIpc) is 2.49. The van der Waals surface area contributed by atoms with Crippen LogP contribution in [-0.4, -0.2) is 35.0 Å². The standard InChI is InChI=1S/C17H23NO3/c1-4-17(16(20)21)7-9-18(10-8-17)15(19)14-6-5-12(2)13(3)11-14/h5-6,11H,4,7-10H2,1-3H3,(H,20,21). The van der Waals surface area contributed by atoms with Crippen molar-refractivity contribution in [3.05, 3.63) is 34.9 Å². The van der Waals surface area contributed by atoms with E-state index >= 15 is 0 Å². The molecule has 1 aliphatic rings. The summed E-state index contributed by atoms with van der Waals surface area (Å²) in [6, 6.07) is 5.72. The van der Waals surface area contributed by atoms with E-state index < -0.39 is 11.4 Å². The van der Waals surface area contributed by atoms with Gasteiger partial charge in [0.1, 0.15) is 0 Å². The van der Waals surface area contributed by atoms with Gasteiger partial charge in [0.2, 0.25) is 0 Å². The van der Waals surface area contributed by atoms with Crippen LogP contribution in [0.15, 0.2) is 18.2 Å². The van der Waals surface area contributed by atoms with Crippen molar-refractivity contribution in [2.75, 3.05) is 13.1 Å². The molecule has 0 atom stereocenters. The number of hydrogen-bond donors (Lipinski definition) is 1. The topological polar surface area (TPSA) is 57.6 Å². The first kappa shape index (κ1) is 15.5. The van der Waals surface area contributed by atoms with Crippen LogP contribution in [0.2, 0.25) is 0 Å². The molecule has 1 saturated heterocycles. The normalized spacial score (nSPS) is 17.6. The molecule has 0 aromatic heterocycles. The average molecular weight is 289 g/mol. The number of piperidine rings is 1. The van der Waals surface area contributed by atoms with E-state index in [0.29, 0.717) is 37.9 Å². The van der Waals surface area contributed by atoms with Gasteiger partial charge < -0.3 is 10.0 Å². The molecule has 0 aliphatic carbocycles. The van der Waals surface area contributed by atoms with E-state index in [1.54, 1.807) is 4.90 Å². The highest BCUT2D eigenvalue weighted by Crippen LogP contribution is 2.35. The summed E-state index contributed by atoms with van der Waals surface area (Å²) in [6.45, 7) is 6.97. The molecule has 0 spiro atoms. The summed E-state index contributed by atoms with van der Waals surface area (Å²) in [5, 5.41) is 9.39. The number of carboxylic acid groups (broad SMARTS) is 1. The number of hydrogen-bond acceptors (Lipinski definition) is 2. The molecule has 2 rings (SSSR count). The van der Waals surface area contributed by atoms with Crippen molar-refractivity contribution >= 4 is 11.9 Å². The minimum absolute atomic E-state index is 0.00759. The first-order valence-corrected chi connectivity index (χ1v) is 7.49. The lowest BCUT2D eigenvalue weighted by atomic mass is 9.76. The lowest BCUT2D eigenvalue weighted by Gasteiger charge is -2.38. The van der Waals surface area contributed by atoms with Crippen molar-refractivity contribution in [2.45, 2.75) is 40.0 Å². The second kappa shape index (κ2) is 5.88. The van der Waals surface area contributed by atoms with Crippen LogP contribution in [0, 0.1) is 19.3 Å². The van der Waals surface area contributed by atoms with E-state index in [2.05, 4.69) is 0 Å². The minimum Gasteiger partial charge on any atom is -0.481 e. The monoisotopic (exact) mass is 289 g/mol. The number of benzene rings is 1. The number of rotatable bonds is 3. The molecule has 0 bridgehead atoms. The molecule has 1 N–H and O–H groups in total.